The van der Waals surface area contributed by atoms with E-state index in [1.165, 1.54) is 37.8 Å². The van der Waals surface area contributed by atoms with Crippen molar-refractivity contribution in [3.63, 3.8) is 0 Å². The molecule has 0 spiro atoms. The van der Waals surface area contributed by atoms with Gasteiger partial charge < -0.3 is 10.1 Å². The number of ether oxygens (including phenoxy) is 1. The summed E-state index contributed by atoms with van der Waals surface area (Å²) in [6.45, 7) is 0. The standard InChI is InChI=1S/C18H23N3OS/c1-22-16-5-3-2-4-15(16)19-18(23)21-20-17-13-7-11-6-12(9-13)10-14(17)8-11/h2-5,11-14H,6-10H2,1H3,(H2,19,21,23). The molecule has 4 bridgehead atoms. The Balaban J connectivity index is 1.41. The van der Waals surface area contributed by atoms with Gasteiger partial charge >= 0.3 is 0 Å². The van der Waals surface area contributed by atoms with Crippen LogP contribution in [0.25, 0.3) is 0 Å². The number of hydrazone groups is 1. The van der Waals surface area contributed by atoms with E-state index in [0.717, 1.165) is 23.3 Å². The zero-order chi connectivity index (χ0) is 15.8. The summed E-state index contributed by atoms with van der Waals surface area (Å²) in [5.74, 6) is 4.06. The van der Waals surface area contributed by atoms with Crippen LogP contribution < -0.4 is 15.5 Å². The van der Waals surface area contributed by atoms with Crippen LogP contribution >= 0.6 is 12.2 Å². The molecule has 5 rings (SSSR count). The van der Waals surface area contributed by atoms with Gasteiger partial charge in [-0.2, -0.15) is 5.10 Å². The highest BCUT2D eigenvalue weighted by molar-refractivity contribution is 7.80. The number of nitrogens with zero attached hydrogens (tertiary/aromatic N) is 1. The third-order valence-corrected chi connectivity index (χ3v) is 5.81. The molecule has 23 heavy (non-hydrogen) atoms. The molecule has 4 saturated carbocycles. The second kappa shape index (κ2) is 6.11. The lowest BCUT2D eigenvalue weighted by molar-refractivity contribution is 0.108. The number of nitrogens with one attached hydrogen (secondary N) is 2. The molecule has 1 aromatic rings. The fourth-order valence-corrected chi connectivity index (χ4v) is 5.02. The lowest BCUT2D eigenvalue weighted by Gasteiger charge is -2.50. The van der Waals surface area contributed by atoms with E-state index in [9.17, 15) is 0 Å². The Bertz CT molecular complexity index is 613. The van der Waals surface area contributed by atoms with Crippen molar-refractivity contribution in [2.45, 2.75) is 32.1 Å². The Labute approximate surface area is 142 Å². The molecule has 0 amide bonds. The van der Waals surface area contributed by atoms with E-state index >= 15 is 0 Å². The van der Waals surface area contributed by atoms with Crippen molar-refractivity contribution in [2.24, 2.45) is 28.8 Å². The zero-order valence-corrected chi connectivity index (χ0v) is 14.2. The highest BCUT2D eigenvalue weighted by atomic mass is 32.1. The number of thiocarbonyl (C=S) groups is 1. The summed E-state index contributed by atoms with van der Waals surface area (Å²) in [4.78, 5) is 0. The quantitative estimate of drug-likeness (QED) is 0.654. The van der Waals surface area contributed by atoms with Crippen molar-refractivity contribution in [3.05, 3.63) is 24.3 Å². The monoisotopic (exact) mass is 329 g/mol. The van der Waals surface area contributed by atoms with Gasteiger partial charge in [-0.1, -0.05) is 12.1 Å². The summed E-state index contributed by atoms with van der Waals surface area (Å²) >= 11 is 5.39. The number of hydrogen-bond donors (Lipinski definition) is 2. The van der Waals surface area contributed by atoms with Gasteiger partial charge in [0, 0.05) is 5.71 Å². The average Bonchev–Trinajstić information content (AvgIpc) is 2.54. The molecular formula is C18H23N3OS. The Morgan fingerprint density at radius 2 is 1.74 bits per heavy atom. The molecule has 122 valence electrons. The highest BCUT2D eigenvalue weighted by Crippen LogP contribution is 2.52. The Kier molecular flexibility index (Phi) is 3.97. The van der Waals surface area contributed by atoms with Gasteiger partial charge in [0.1, 0.15) is 5.75 Å². The van der Waals surface area contributed by atoms with Crippen LogP contribution in [0.3, 0.4) is 0 Å². The SMILES string of the molecule is COc1ccccc1NC(=S)NN=C1C2CC3CC(C2)CC1C3. The smallest absolute Gasteiger partial charge is 0.191 e. The first-order valence-corrected chi connectivity index (χ1v) is 8.91. The Morgan fingerprint density at radius 3 is 2.39 bits per heavy atom. The number of rotatable bonds is 3. The number of hydrogen-bond acceptors (Lipinski definition) is 3. The maximum Gasteiger partial charge on any atom is 0.191 e. The maximum atomic E-state index is 5.39. The summed E-state index contributed by atoms with van der Waals surface area (Å²) in [5.41, 5.74) is 5.28. The maximum absolute atomic E-state index is 5.39. The van der Waals surface area contributed by atoms with Crippen molar-refractivity contribution < 1.29 is 4.74 Å². The van der Waals surface area contributed by atoms with Crippen molar-refractivity contribution in [1.82, 2.24) is 5.43 Å². The van der Waals surface area contributed by atoms with Crippen LogP contribution in [-0.4, -0.2) is 17.9 Å². The van der Waals surface area contributed by atoms with E-state index in [4.69, 9.17) is 22.1 Å². The minimum atomic E-state index is 0.524. The molecule has 2 N–H and O–H groups in total. The summed E-state index contributed by atoms with van der Waals surface area (Å²) in [6, 6.07) is 7.75. The minimum absolute atomic E-state index is 0.524. The van der Waals surface area contributed by atoms with Crippen LogP contribution in [0.15, 0.2) is 29.4 Å². The van der Waals surface area contributed by atoms with Gasteiger partial charge in [-0.05, 0) is 80.1 Å². The largest absolute Gasteiger partial charge is 0.495 e. The first-order valence-electron chi connectivity index (χ1n) is 8.50. The fourth-order valence-electron chi connectivity index (χ4n) is 4.86. The third-order valence-electron chi connectivity index (χ3n) is 5.62. The van der Waals surface area contributed by atoms with Crippen LogP contribution in [0.5, 0.6) is 5.75 Å². The molecule has 0 aliphatic heterocycles. The van der Waals surface area contributed by atoms with E-state index in [1.807, 2.05) is 24.3 Å². The van der Waals surface area contributed by atoms with Gasteiger partial charge in [0.15, 0.2) is 5.11 Å². The van der Waals surface area contributed by atoms with E-state index in [0.29, 0.717) is 16.9 Å². The second-order valence-electron chi connectivity index (χ2n) is 7.11. The molecule has 4 aliphatic carbocycles. The molecule has 0 aromatic heterocycles. The molecule has 4 aliphatic rings. The topological polar surface area (TPSA) is 45.6 Å². The minimum Gasteiger partial charge on any atom is -0.495 e. The zero-order valence-electron chi connectivity index (χ0n) is 13.4. The molecule has 4 nitrogen and oxygen atoms in total. The lowest BCUT2D eigenvalue weighted by Crippen LogP contribution is -2.46. The van der Waals surface area contributed by atoms with Gasteiger partial charge in [-0.3, -0.25) is 5.43 Å². The number of benzene rings is 1. The first kappa shape index (κ1) is 14.9. The fraction of sp³-hybridized carbons (Fsp3) is 0.556. The van der Waals surface area contributed by atoms with Crippen LogP contribution in [0, 0.1) is 23.7 Å². The molecule has 1 aromatic carbocycles. The molecule has 0 atom stereocenters. The van der Waals surface area contributed by atoms with E-state index in [2.05, 4.69) is 10.7 Å². The highest BCUT2D eigenvalue weighted by Gasteiger charge is 2.46. The predicted molar refractivity (Wildman–Crippen MR) is 96.8 cm³/mol. The van der Waals surface area contributed by atoms with Crippen molar-refractivity contribution >= 4 is 28.7 Å². The molecule has 0 radical (unpaired) electrons. The van der Waals surface area contributed by atoms with E-state index < -0.39 is 0 Å². The molecule has 0 saturated heterocycles. The van der Waals surface area contributed by atoms with Crippen LogP contribution in [-0.2, 0) is 0 Å². The second-order valence-corrected chi connectivity index (χ2v) is 7.52. The lowest BCUT2D eigenvalue weighted by atomic mass is 9.55. The van der Waals surface area contributed by atoms with Crippen molar-refractivity contribution in [1.29, 1.82) is 0 Å². The van der Waals surface area contributed by atoms with Crippen LogP contribution in [0.1, 0.15) is 32.1 Å². The van der Waals surface area contributed by atoms with Gasteiger partial charge in [-0.15, -0.1) is 0 Å². The Morgan fingerprint density at radius 1 is 1.09 bits per heavy atom. The van der Waals surface area contributed by atoms with Crippen molar-refractivity contribution in [2.75, 3.05) is 12.4 Å². The number of para-hydroxylation sites is 2. The van der Waals surface area contributed by atoms with Crippen molar-refractivity contribution in [3.8, 4) is 5.75 Å². The first-order chi connectivity index (χ1) is 11.2. The summed E-state index contributed by atoms with van der Waals surface area (Å²) in [7, 11) is 1.66. The van der Waals surface area contributed by atoms with Gasteiger partial charge in [0.25, 0.3) is 0 Å². The summed E-state index contributed by atoms with van der Waals surface area (Å²) < 4.78 is 5.33. The molecular weight excluding hydrogens is 306 g/mol. The van der Waals surface area contributed by atoms with Crippen LogP contribution in [0.2, 0.25) is 0 Å². The normalized spacial score (nSPS) is 30.9. The Hall–Kier alpha value is -1.62. The van der Waals surface area contributed by atoms with Crippen LogP contribution in [0.4, 0.5) is 5.69 Å². The third kappa shape index (κ3) is 2.94. The summed E-state index contributed by atoms with van der Waals surface area (Å²) in [6.07, 6.45) is 6.79. The van der Waals surface area contributed by atoms with Gasteiger partial charge in [0.2, 0.25) is 0 Å². The molecule has 5 heteroatoms. The van der Waals surface area contributed by atoms with E-state index in [1.54, 1.807) is 7.11 Å². The number of methoxy groups -OCH3 is 1. The average molecular weight is 329 g/mol. The van der Waals surface area contributed by atoms with E-state index in [-0.39, 0.29) is 0 Å². The predicted octanol–water partition coefficient (Wildman–Crippen LogP) is 3.79. The number of anilines is 1. The van der Waals surface area contributed by atoms with Gasteiger partial charge in [-0.25, -0.2) is 0 Å². The molecule has 0 heterocycles. The molecule has 0 unspecified atom stereocenters. The molecule has 4 fully saturated rings. The van der Waals surface area contributed by atoms with Gasteiger partial charge in [0.05, 0.1) is 12.8 Å². The summed E-state index contributed by atoms with van der Waals surface area (Å²) in [5, 5.41) is 8.39.